The van der Waals surface area contributed by atoms with Gasteiger partial charge in [-0.2, -0.15) is 0 Å². The minimum Gasteiger partial charge on any atom is -0.380 e. The van der Waals surface area contributed by atoms with Crippen molar-refractivity contribution in [3.63, 3.8) is 0 Å². The van der Waals surface area contributed by atoms with E-state index in [1.54, 1.807) is 10.8 Å². The lowest BCUT2D eigenvalue weighted by Crippen LogP contribution is -2.39. The van der Waals surface area contributed by atoms with Gasteiger partial charge in [0, 0.05) is 25.4 Å². The third kappa shape index (κ3) is 5.03. The van der Waals surface area contributed by atoms with Gasteiger partial charge in [0.15, 0.2) is 0 Å². The second-order valence-electron chi connectivity index (χ2n) is 5.08. The molecule has 0 radical (unpaired) electrons. The maximum absolute atomic E-state index is 12.0. The van der Waals surface area contributed by atoms with Crippen molar-refractivity contribution in [2.24, 2.45) is 5.92 Å². The zero-order chi connectivity index (χ0) is 14.3. The zero-order valence-corrected chi connectivity index (χ0v) is 12.1. The van der Waals surface area contributed by atoms with Gasteiger partial charge >= 0.3 is 5.69 Å². The molecule has 1 heterocycles. The van der Waals surface area contributed by atoms with Crippen molar-refractivity contribution in [1.82, 2.24) is 9.13 Å². The third-order valence-electron chi connectivity index (χ3n) is 2.90. The SMILES string of the molecule is CCCn1ccc(=O)n(CCOCCC(C)C)c1=O. The lowest BCUT2D eigenvalue weighted by Gasteiger charge is -2.10. The Hall–Kier alpha value is -1.36. The molecule has 1 aromatic rings. The molecular formula is C14H24N2O3. The van der Waals surface area contributed by atoms with Crippen LogP contribution in [0.2, 0.25) is 0 Å². The number of nitrogens with zero attached hydrogens (tertiary/aromatic N) is 2. The number of hydrogen-bond acceptors (Lipinski definition) is 3. The summed E-state index contributed by atoms with van der Waals surface area (Å²) in [6, 6.07) is 1.44. The number of rotatable bonds is 8. The minimum atomic E-state index is -0.259. The molecule has 0 aliphatic heterocycles. The van der Waals surface area contributed by atoms with E-state index in [4.69, 9.17) is 4.74 Å². The normalized spacial score (nSPS) is 11.2. The molecule has 0 saturated heterocycles. The molecule has 0 unspecified atom stereocenters. The Balaban J connectivity index is 2.60. The van der Waals surface area contributed by atoms with Gasteiger partial charge in [0.25, 0.3) is 5.56 Å². The Bertz CT molecular complexity index is 488. The molecule has 0 amide bonds. The summed E-state index contributed by atoms with van der Waals surface area (Å²) in [6.45, 7) is 8.29. The van der Waals surface area contributed by atoms with Crippen LogP contribution in [0.5, 0.6) is 0 Å². The second-order valence-corrected chi connectivity index (χ2v) is 5.08. The lowest BCUT2D eigenvalue weighted by atomic mass is 10.1. The molecule has 108 valence electrons. The fourth-order valence-corrected chi connectivity index (χ4v) is 1.75. The summed E-state index contributed by atoms with van der Waals surface area (Å²) in [6.07, 6.45) is 3.41. The number of aromatic nitrogens is 2. The van der Waals surface area contributed by atoms with Gasteiger partial charge in [0.2, 0.25) is 0 Å². The van der Waals surface area contributed by atoms with Crippen LogP contribution in [0.15, 0.2) is 21.9 Å². The van der Waals surface area contributed by atoms with Crippen molar-refractivity contribution in [1.29, 1.82) is 0 Å². The molecule has 0 fully saturated rings. The van der Waals surface area contributed by atoms with Crippen molar-refractivity contribution >= 4 is 0 Å². The van der Waals surface area contributed by atoms with Crippen LogP contribution in [0.25, 0.3) is 0 Å². The highest BCUT2D eigenvalue weighted by Crippen LogP contribution is 1.98. The molecule has 0 aliphatic rings. The molecule has 0 atom stereocenters. The molecule has 0 N–H and O–H groups in total. The first-order valence-corrected chi connectivity index (χ1v) is 6.94. The Morgan fingerprint density at radius 3 is 2.58 bits per heavy atom. The maximum Gasteiger partial charge on any atom is 0.331 e. The van der Waals surface area contributed by atoms with Gasteiger partial charge in [-0.1, -0.05) is 20.8 Å². The lowest BCUT2D eigenvalue weighted by molar-refractivity contribution is 0.114. The summed E-state index contributed by atoms with van der Waals surface area (Å²) in [5.74, 6) is 0.598. The Morgan fingerprint density at radius 2 is 1.95 bits per heavy atom. The third-order valence-corrected chi connectivity index (χ3v) is 2.90. The standard InChI is InChI=1S/C14H24N2O3/c1-4-7-15-8-5-13(17)16(14(15)18)9-11-19-10-6-12(2)3/h5,8,12H,4,6-7,9-11H2,1-3H3. The van der Waals surface area contributed by atoms with Crippen molar-refractivity contribution in [3.05, 3.63) is 33.1 Å². The Labute approximate surface area is 113 Å². The van der Waals surface area contributed by atoms with Crippen LogP contribution in [-0.2, 0) is 17.8 Å². The molecule has 0 bridgehead atoms. The van der Waals surface area contributed by atoms with E-state index in [2.05, 4.69) is 13.8 Å². The predicted octanol–water partition coefficient (Wildman–Crippen LogP) is 1.48. The summed E-state index contributed by atoms with van der Waals surface area (Å²) in [4.78, 5) is 23.7. The summed E-state index contributed by atoms with van der Waals surface area (Å²) in [5.41, 5.74) is -0.508. The first-order chi connectivity index (χ1) is 9.06. The molecule has 5 nitrogen and oxygen atoms in total. The fourth-order valence-electron chi connectivity index (χ4n) is 1.75. The highest BCUT2D eigenvalue weighted by Gasteiger charge is 2.04. The molecule has 1 rings (SSSR count). The maximum atomic E-state index is 12.0. The van der Waals surface area contributed by atoms with E-state index >= 15 is 0 Å². The number of aryl methyl sites for hydroxylation is 1. The van der Waals surface area contributed by atoms with Gasteiger partial charge in [-0.3, -0.25) is 9.36 Å². The smallest absolute Gasteiger partial charge is 0.331 e. The van der Waals surface area contributed by atoms with Crippen molar-refractivity contribution in [2.45, 2.75) is 46.7 Å². The molecule has 0 spiro atoms. The van der Waals surface area contributed by atoms with Crippen LogP contribution >= 0.6 is 0 Å². The Kier molecular flexibility index (Phi) is 6.56. The largest absolute Gasteiger partial charge is 0.380 e. The highest BCUT2D eigenvalue weighted by molar-refractivity contribution is 4.86. The quantitative estimate of drug-likeness (QED) is 0.671. The number of ether oxygens (including phenoxy) is 1. The van der Waals surface area contributed by atoms with Crippen molar-refractivity contribution in [3.8, 4) is 0 Å². The molecule has 0 aliphatic carbocycles. The zero-order valence-electron chi connectivity index (χ0n) is 12.1. The molecule has 0 saturated carbocycles. The monoisotopic (exact) mass is 268 g/mol. The van der Waals surface area contributed by atoms with E-state index < -0.39 is 0 Å². The first-order valence-electron chi connectivity index (χ1n) is 6.94. The van der Waals surface area contributed by atoms with Gasteiger partial charge < -0.3 is 9.30 Å². The van der Waals surface area contributed by atoms with Gasteiger partial charge in [-0.05, 0) is 18.8 Å². The van der Waals surface area contributed by atoms with Gasteiger partial charge in [-0.15, -0.1) is 0 Å². The summed E-state index contributed by atoms with van der Waals surface area (Å²) in [5, 5.41) is 0. The van der Waals surface area contributed by atoms with Crippen LogP contribution in [0.4, 0.5) is 0 Å². The van der Waals surface area contributed by atoms with Crippen molar-refractivity contribution < 1.29 is 4.74 Å². The van der Waals surface area contributed by atoms with E-state index in [9.17, 15) is 9.59 Å². The summed E-state index contributed by atoms with van der Waals surface area (Å²) >= 11 is 0. The van der Waals surface area contributed by atoms with E-state index in [-0.39, 0.29) is 11.2 Å². The van der Waals surface area contributed by atoms with Crippen molar-refractivity contribution in [2.75, 3.05) is 13.2 Å². The highest BCUT2D eigenvalue weighted by atomic mass is 16.5. The molecule has 5 heteroatoms. The fraction of sp³-hybridized carbons (Fsp3) is 0.714. The van der Waals surface area contributed by atoms with Gasteiger partial charge in [0.1, 0.15) is 0 Å². The van der Waals surface area contributed by atoms with E-state index in [0.717, 1.165) is 12.8 Å². The molecule has 1 aromatic heterocycles. The molecule has 0 aromatic carbocycles. The van der Waals surface area contributed by atoms with E-state index in [1.807, 2.05) is 6.92 Å². The van der Waals surface area contributed by atoms with Crippen LogP contribution in [0, 0.1) is 5.92 Å². The van der Waals surface area contributed by atoms with Gasteiger partial charge in [0.05, 0.1) is 13.2 Å². The first kappa shape index (κ1) is 15.7. The summed E-state index contributed by atoms with van der Waals surface area (Å²) < 4.78 is 8.26. The average Bonchev–Trinajstić information content (AvgIpc) is 2.36. The van der Waals surface area contributed by atoms with E-state index in [0.29, 0.717) is 32.2 Å². The number of hydrogen-bond donors (Lipinski definition) is 0. The Morgan fingerprint density at radius 1 is 1.21 bits per heavy atom. The topological polar surface area (TPSA) is 53.2 Å². The second kappa shape index (κ2) is 7.94. The van der Waals surface area contributed by atoms with Crippen LogP contribution in [0.3, 0.4) is 0 Å². The van der Waals surface area contributed by atoms with E-state index in [1.165, 1.54) is 10.6 Å². The van der Waals surface area contributed by atoms with Gasteiger partial charge in [-0.25, -0.2) is 4.79 Å². The van der Waals surface area contributed by atoms with Crippen LogP contribution in [-0.4, -0.2) is 22.3 Å². The average molecular weight is 268 g/mol. The van der Waals surface area contributed by atoms with Crippen LogP contribution in [0.1, 0.15) is 33.6 Å². The molecule has 19 heavy (non-hydrogen) atoms. The minimum absolute atomic E-state index is 0.248. The molecular weight excluding hydrogens is 244 g/mol. The summed E-state index contributed by atoms with van der Waals surface area (Å²) in [7, 11) is 0. The predicted molar refractivity (Wildman–Crippen MR) is 75.5 cm³/mol. The van der Waals surface area contributed by atoms with Crippen LogP contribution < -0.4 is 11.2 Å².